The van der Waals surface area contributed by atoms with Gasteiger partial charge < -0.3 is 21.7 Å². The molecule has 7 nitrogen and oxygen atoms in total. The van der Waals surface area contributed by atoms with Crippen LogP contribution in [0.1, 0.15) is 22.6 Å². The highest BCUT2D eigenvalue weighted by Gasteiger charge is 2.30. The molecule has 0 saturated carbocycles. The maximum atomic E-state index is 12.7. The van der Waals surface area contributed by atoms with Gasteiger partial charge in [-0.1, -0.05) is 12.1 Å². The second kappa shape index (κ2) is 8.57. The molecule has 2 aromatic carbocycles. The molecule has 0 aliphatic carbocycles. The Balaban J connectivity index is 0.00000240. The van der Waals surface area contributed by atoms with Crippen LogP contribution in [0.5, 0.6) is 5.75 Å². The van der Waals surface area contributed by atoms with Gasteiger partial charge in [0.2, 0.25) is 5.78 Å². The molecule has 0 fully saturated rings. The maximum Gasteiger partial charge on any atom is 0.270 e. The van der Waals surface area contributed by atoms with Crippen LogP contribution in [0.25, 0.3) is 11.3 Å². The molecule has 0 bridgehead atoms. The van der Waals surface area contributed by atoms with Gasteiger partial charge in [-0.3, -0.25) is 14.9 Å². The summed E-state index contributed by atoms with van der Waals surface area (Å²) in [6, 6.07) is 13.7. The lowest BCUT2D eigenvalue weighted by Gasteiger charge is -2.01. The molecule has 150 valence electrons. The van der Waals surface area contributed by atoms with E-state index in [1.165, 1.54) is 12.1 Å². The predicted molar refractivity (Wildman–Crippen MR) is 102 cm³/mol. The van der Waals surface area contributed by atoms with E-state index in [0.717, 1.165) is 42.2 Å². The van der Waals surface area contributed by atoms with Gasteiger partial charge in [-0.15, -0.1) is 0 Å². The average Bonchev–Trinajstić information content (AvgIpc) is 3.32. The van der Waals surface area contributed by atoms with Gasteiger partial charge in [-0.05, 0) is 30.7 Å². The van der Waals surface area contributed by atoms with E-state index in [1.54, 1.807) is 19.2 Å². The number of nitrogens with zero attached hydrogens (tertiary/aromatic N) is 3. The minimum Gasteiger partial charge on any atom is -1.00 e. The first kappa shape index (κ1) is 20.7. The zero-order valence-corrected chi connectivity index (χ0v) is 17.5. The molecule has 1 aliphatic heterocycles. The molecule has 1 aromatic heterocycles. The van der Waals surface area contributed by atoms with E-state index in [4.69, 9.17) is 4.74 Å². The fraction of sp³-hybridized carbons (Fsp3) is 0.238. The number of ketones is 1. The monoisotopic (exact) mass is 457 g/mol. The van der Waals surface area contributed by atoms with Crippen LogP contribution in [0.2, 0.25) is 0 Å². The quantitative estimate of drug-likeness (QED) is 0.229. The summed E-state index contributed by atoms with van der Waals surface area (Å²) < 4.78 is 9.43. The van der Waals surface area contributed by atoms with E-state index in [1.807, 2.05) is 35.0 Å². The Morgan fingerprint density at radius 2 is 2.00 bits per heavy atom. The van der Waals surface area contributed by atoms with Crippen molar-refractivity contribution in [3.63, 3.8) is 0 Å². The Hall–Kier alpha value is -3.00. The fourth-order valence-electron chi connectivity index (χ4n) is 3.68. The van der Waals surface area contributed by atoms with Gasteiger partial charge in [0.1, 0.15) is 11.9 Å². The molecule has 29 heavy (non-hydrogen) atoms. The number of nitro benzene ring substituents is 1. The number of halogens is 1. The van der Waals surface area contributed by atoms with Crippen LogP contribution in [0.15, 0.2) is 54.7 Å². The van der Waals surface area contributed by atoms with Crippen molar-refractivity contribution in [2.45, 2.75) is 25.9 Å². The smallest absolute Gasteiger partial charge is 0.270 e. The van der Waals surface area contributed by atoms with Crippen molar-refractivity contribution in [3.05, 3.63) is 76.2 Å². The molecule has 8 heteroatoms. The molecule has 0 radical (unpaired) electrons. The molecular formula is C21H20BrN3O4. The number of aromatic nitrogens is 2. The molecule has 0 saturated heterocycles. The fourth-order valence-corrected chi connectivity index (χ4v) is 3.68. The normalized spacial score (nSPS) is 12.2. The van der Waals surface area contributed by atoms with Gasteiger partial charge in [-0.25, -0.2) is 9.13 Å². The number of nitro groups is 1. The van der Waals surface area contributed by atoms with E-state index in [0.29, 0.717) is 5.56 Å². The third kappa shape index (κ3) is 4.07. The Morgan fingerprint density at radius 3 is 2.69 bits per heavy atom. The van der Waals surface area contributed by atoms with Crippen molar-refractivity contribution < 1.29 is 36.0 Å². The summed E-state index contributed by atoms with van der Waals surface area (Å²) in [4.78, 5) is 23.2. The Kier molecular flexibility index (Phi) is 6.12. The van der Waals surface area contributed by atoms with Gasteiger partial charge in [0.15, 0.2) is 12.2 Å². The Morgan fingerprint density at radius 1 is 1.24 bits per heavy atom. The minimum absolute atomic E-state index is 0. The van der Waals surface area contributed by atoms with Crippen molar-refractivity contribution in [1.29, 1.82) is 0 Å². The molecule has 0 atom stereocenters. The second-order valence-corrected chi connectivity index (χ2v) is 6.77. The Labute approximate surface area is 178 Å². The van der Waals surface area contributed by atoms with Crippen LogP contribution < -0.4 is 26.3 Å². The summed E-state index contributed by atoms with van der Waals surface area (Å²) in [7, 11) is 1.64. The second-order valence-electron chi connectivity index (χ2n) is 6.77. The highest BCUT2D eigenvalue weighted by Crippen LogP contribution is 2.26. The van der Waals surface area contributed by atoms with E-state index in [-0.39, 0.29) is 35.0 Å². The van der Waals surface area contributed by atoms with E-state index < -0.39 is 4.92 Å². The lowest BCUT2D eigenvalue weighted by Crippen LogP contribution is -3.00. The summed E-state index contributed by atoms with van der Waals surface area (Å²) in [6.45, 7) is 1.07. The summed E-state index contributed by atoms with van der Waals surface area (Å²) in [5, 5.41) is 11.0. The summed E-state index contributed by atoms with van der Waals surface area (Å²) in [5.41, 5.74) is 2.40. The number of benzene rings is 2. The lowest BCUT2D eigenvalue weighted by atomic mass is 10.1. The highest BCUT2D eigenvalue weighted by molar-refractivity contribution is 5.95. The molecular weight excluding hydrogens is 438 g/mol. The topological polar surface area (TPSA) is 78.2 Å². The molecule has 0 N–H and O–H groups in total. The number of hydrogen-bond acceptors (Lipinski definition) is 4. The maximum absolute atomic E-state index is 12.7. The van der Waals surface area contributed by atoms with Gasteiger partial charge in [0.25, 0.3) is 11.5 Å². The van der Waals surface area contributed by atoms with Crippen LogP contribution in [-0.2, 0) is 19.5 Å². The number of hydrogen-bond donors (Lipinski definition) is 0. The SMILES string of the molecule is COc1ccc(-c2c[n+](CC(=O)c3cccc([N+](=O)[O-])c3)c3n2CCC3)cc1.[Br-]. The van der Waals surface area contributed by atoms with Crippen molar-refractivity contribution in [2.75, 3.05) is 7.11 Å². The number of ether oxygens (including phenoxy) is 1. The molecule has 2 heterocycles. The number of fused-ring (bicyclic) bond motifs is 1. The van der Waals surface area contributed by atoms with Crippen LogP contribution in [-0.4, -0.2) is 22.4 Å². The van der Waals surface area contributed by atoms with E-state index in [9.17, 15) is 14.9 Å². The zero-order chi connectivity index (χ0) is 19.7. The number of carbonyl (C=O) groups is 1. The van der Waals surface area contributed by atoms with Gasteiger partial charge >= 0.3 is 0 Å². The summed E-state index contributed by atoms with van der Waals surface area (Å²) in [6.07, 6.45) is 3.92. The molecule has 0 amide bonds. The molecule has 4 rings (SSSR count). The molecule has 0 spiro atoms. The highest BCUT2D eigenvalue weighted by atomic mass is 79.9. The first-order chi connectivity index (χ1) is 13.6. The number of methoxy groups -OCH3 is 1. The zero-order valence-electron chi connectivity index (χ0n) is 15.9. The number of non-ortho nitro benzene ring substituents is 1. The van der Waals surface area contributed by atoms with Gasteiger partial charge in [-0.2, -0.15) is 0 Å². The minimum atomic E-state index is -0.484. The first-order valence-electron chi connectivity index (χ1n) is 9.11. The Bertz CT molecular complexity index is 1060. The predicted octanol–water partition coefficient (Wildman–Crippen LogP) is 0.193. The molecule has 1 aliphatic rings. The van der Waals surface area contributed by atoms with Crippen LogP contribution in [0.3, 0.4) is 0 Å². The van der Waals surface area contributed by atoms with Crippen LogP contribution >= 0.6 is 0 Å². The van der Waals surface area contributed by atoms with Crippen LogP contribution in [0, 0.1) is 10.1 Å². The third-order valence-corrected chi connectivity index (χ3v) is 5.07. The third-order valence-electron chi connectivity index (χ3n) is 5.07. The average molecular weight is 458 g/mol. The number of carbonyl (C=O) groups excluding carboxylic acids is 1. The van der Waals surface area contributed by atoms with Crippen molar-refractivity contribution >= 4 is 11.5 Å². The van der Waals surface area contributed by atoms with Gasteiger partial charge in [0.05, 0.1) is 25.0 Å². The lowest BCUT2D eigenvalue weighted by molar-refractivity contribution is -0.689. The van der Waals surface area contributed by atoms with Crippen molar-refractivity contribution in [2.24, 2.45) is 0 Å². The van der Waals surface area contributed by atoms with E-state index >= 15 is 0 Å². The van der Waals surface area contributed by atoms with E-state index in [2.05, 4.69) is 4.57 Å². The first-order valence-corrected chi connectivity index (χ1v) is 9.11. The summed E-state index contributed by atoms with van der Waals surface area (Å²) >= 11 is 0. The van der Waals surface area contributed by atoms with Gasteiger partial charge in [0, 0.05) is 23.3 Å². The largest absolute Gasteiger partial charge is 1.00 e. The van der Waals surface area contributed by atoms with Crippen molar-refractivity contribution in [1.82, 2.24) is 4.57 Å². The number of Topliss-reactive ketones (excluding diaryl/α,β-unsaturated/α-hetero) is 1. The van der Waals surface area contributed by atoms with Crippen LogP contribution in [0.4, 0.5) is 5.69 Å². The van der Waals surface area contributed by atoms with Crippen molar-refractivity contribution in [3.8, 4) is 17.0 Å². The number of imidazole rings is 1. The summed E-state index contributed by atoms with van der Waals surface area (Å²) in [5.74, 6) is 1.76. The molecule has 0 unspecified atom stereocenters. The molecule has 3 aromatic rings. The number of rotatable bonds is 6. The standard InChI is InChI=1S/C21H20N3O4.BrH/c1-28-18-9-7-15(8-10-18)19-13-22(21-6-3-11-23(19)21)14-20(25)16-4-2-5-17(12-16)24(26)27;/h2,4-5,7-10,12-13H,3,6,11,14H2,1H3;1H/q+1;/p-1.